The van der Waals surface area contributed by atoms with E-state index in [1.165, 1.54) is 6.07 Å². The minimum Gasteiger partial charge on any atom is -0.398 e. The molecule has 2 rings (SSSR count). The number of benzene rings is 2. The average molecular weight is 307 g/mol. The zero-order valence-corrected chi connectivity index (χ0v) is 13.1. The van der Waals surface area contributed by atoms with Gasteiger partial charge in [-0.25, -0.2) is 12.8 Å². The van der Waals surface area contributed by atoms with Crippen molar-refractivity contribution in [3.63, 3.8) is 0 Å². The molecule has 0 aliphatic carbocycles. The lowest BCUT2D eigenvalue weighted by Crippen LogP contribution is -2.10. The molecular weight excluding hydrogens is 289 g/mol. The van der Waals surface area contributed by atoms with Gasteiger partial charge in [-0.1, -0.05) is 17.7 Å². The van der Waals surface area contributed by atoms with Crippen molar-refractivity contribution in [3.05, 3.63) is 58.4 Å². The maximum atomic E-state index is 13.3. The highest BCUT2D eigenvalue weighted by Gasteiger charge is 2.21. The van der Waals surface area contributed by atoms with Crippen molar-refractivity contribution in [2.45, 2.75) is 31.4 Å². The van der Waals surface area contributed by atoms with Crippen LogP contribution in [0.4, 0.5) is 10.1 Å². The fourth-order valence-corrected chi connectivity index (χ4v) is 4.19. The average Bonchev–Trinajstić information content (AvgIpc) is 2.36. The molecule has 0 fully saturated rings. The van der Waals surface area contributed by atoms with Crippen LogP contribution in [0.15, 0.2) is 35.2 Å². The molecule has 2 aromatic rings. The van der Waals surface area contributed by atoms with E-state index < -0.39 is 15.7 Å². The van der Waals surface area contributed by atoms with Crippen LogP contribution in [0.1, 0.15) is 22.3 Å². The van der Waals surface area contributed by atoms with Gasteiger partial charge in [0, 0.05) is 0 Å². The smallest absolute Gasteiger partial charge is 0.184 e. The Bertz CT molecular complexity index is 775. The molecule has 2 aromatic carbocycles. The van der Waals surface area contributed by atoms with Gasteiger partial charge in [0.2, 0.25) is 0 Å². The standard InChI is InChI=1S/C16H18FNO2S/c1-10-6-11(2)14(12(3)7-10)9-21(19,20)16-8-13(17)4-5-15(16)18/h4-8H,9,18H2,1-3H3. The molecule has 0 saturated heterocycles. The van der Waals surface area contributed by atoms with Gasteiger partial charge < -0.3 is 5.73 Å². The van der Waals surface area contributed by atoms with E-state index in [9.17, 15) is 12.8 Å². The van der Waals surface area contributed by atoms with Crippen LogP contribution in [0.3, 0.4) is 0 Å². The van der Waals surface area contributed by atoms with E-state index in [0.717, 1.165) is 34.4 Å². The van der Waals surface area contributed by atoms with Gasteiger partial charge in [0.15, 0.2) is 9.84 Å². The number of nitrogens with two attached hydrogens (primary N) is 1. The first-order valence-corrected chi connectivity index (χ1v) is 8.20. The van der Waals surface area contributed by atoms with E-state index in [0.29, 0.717) is 0 Å². The van der Waals surface area contributed by atoms with Crippen molar-refractivity contribution in [2.75, 3.05) is 5.73 Å². The molecule has 0 heterocycles. The number of nitrogen functional groups attached to an aromatic ring is 1. The summed E-state index contributed by atoms with van der Waals surface area (Å²) in [4.78, 5) is -0.151. The summed E-state index contributed by atoms with van der Waals surface area (Å²) >= 11 is 0. The number of hydrogen-bond acceptors (Lipinski definition) is 3. The van der Waals surface area contributed by atoms with Gasteiger partial charge in [-0.15, -0.1) is 0 Å². The number of hydrogen-bond donors (Lipinski definition) is 1. The highest BCUT2D eigenvalue weighted by atomic mass is 32.2. The highest BCUT2D eigenvalue weighted by Crippen LogP contribution is 2.26. The monoisotopic (exact) mass is 307 g/mol. The second-order valence-corrected chi connectivity index (χ2v) is 7.28. The molecule has 0 amide bonds. The molecule has 0 atom stereocenters. The third kappa shape index (κ3) is 3.24. The Hall–Kier alpha value is -1.88. The van der Waals surface area contributed by atoms with Gasteiger partial charge in [0.05, 0.1) is 16.3 Å². The molecule has 5 heteroatoms. The number of rotatable bonds is 3. The van der Waals surface area contributed by atoms with Gasteiger partial charge in [0.25, 0.3) is 0 Å². The summed E-state index contributed by atoms with van der Waals surface area (Å²) in [7, 11) is -3.69. The van der Waals surface area contributed by atoms with Gasteiger partial charge in [0.1, 0.15) is 5.82 Å². The highest BCUT2D eigenvalue weighted by molar-refractivity contribution is 7.90. The van der Waals surface area contributed by atoms with Gasteiger partial charge in [-0.3, -0.25) is 0 Å². The predicted octanol–water partition coefficient (Wildman–Crippen LogP) is 3.31. The fourth-order valence-electron chi connectivity index (χ4n) is 2.48. The Kier molecular flexibility index (Phi) is 4.05. The van der Waals surface area contributed by atoms with Crippen molar-refractivity contribution in [1.29, 1.82) is 0 Å². The molecule has 0 radical (unpaired) electrons. The van der Waals surface area contributed by atoms with E-state index in [1.807, 2.05) is 32.9 Å². The van der Waals surface area contributed by atoms with E-state index in [2.05, 4.69) is 0 Å². The molecule has 0 aromatic heterocycles. The molecular formula is C16H18FNO2S. The van der Waals surface area contributed by atoms with Crippen molar-refractivity contribution in [2.24, 2.45) is 0 Å². The van der Waals surface area contributed by atoms with Crippen molar-refractivity contribution < 1.29 is 12.8 Å². The van der Waals surface area contributed by atoms with Crippen LogP contribution in [0, 0.1) is 26.6 Å². The molecule has 0 saturated carbocycles. The normalized spacial score (nSPS) is 11.6. The first kappa shape index (κ1) is 15.5. The Morgan fingerprint density at radius 2 is 1.62 bits per heavy atom. The lowest BCUT2D eigenvalue weighted by molar-refractivity contribution is 0.590. The summed E-state index contributed by atoms with van der Waals surface area (Å²) < 4.78 is 38.3. The largest absolute Gasteiger partial charge is 0.398 e. The fraction of sp³-hybridized carbons (Fsp3) is 0.250. The minimum atomic E-state index is -3.69. The maximum Gasteiger partial charge on any atom is 0.184 e. The lowest BCUT2D eigenvalue weighted by Gasteiger charge is -2.13. The summed E-state index contributed by atoms with van der Waals surface area (Å²) in [6, 6.07) is 7.27. The van der Waals surface area contributed by atoms with E-state index >= 15 is 0 Å². The maximum absolute atomic E-state index is 13.3. The Labute approximate surface area is 124 Å². The summed E-state index contributed by atoms with van der Waals surface area (Å²) in [5.41, 5.74) is 9.39. The van der Waals surface area contributed by atoms with Crippen molar-refractivity contribution >= 4 is 15.5 Å². The molecule has 3 nitrogen and oxygen atoms in total. The third-order valence-electron chi connectivity index (χ3n) is 3.49. The second kappa shape index (κ2) is 5.48. The van der Waals surface area contributed by atoms with Crippen LogP contribution in [0.5, 0.6) is 0 Å². The molecule has 0 aliphatic heterocycles. The Morgan fingerprint density at radius 1 is 1.05 bits per heavy atom. The summed E-state index contributed by atoms with van der Waals surface area (Å²) in [5, 5.41) is 0. The number of halogens is 1. The first-order valence-electron chi connectivity index (χ1n) is 6.55. The first-order chi connectivity index (χ1) is 9.70. The topological polar surface area (TPSA) is 60.2 Å². The van der Waals surface area contributed by atoms with E-state index in [1.54, 1.807) is 0 Å². The molecule has 112 valence electrons. The predicted molar refractivity (Wildman–Crippen MR) is 82.4 cm³/mol. The number of aryl methyl sites for hydroxylation is 3. The summed E-state index contributed by atoms with van der Waals surface area (Å²) in [6.45, 7) is 5.71. The van der Waals surface area contributed by atoms with Crippen LogP contribution in [0.25, 0.3) is 0 Å². The molecule has 0 unspecified atom stereocenters. The van der Waals surface area contributed by atoms with Gasteiger partial charge in [-0.05, 0) is 55.7 Å². The van der Waals surface area contributed by atoms with Crippen molar-refractivity contribution in [1.82, 2.24) is 0 Å². The number of sulfone groups is 1. The van der Waals surface area contributed by atoms with E-state index in [-0.39, 0.29) is 16.3 Å². The van der Waals surface area contributed by atoms with Crippen LogP contribution in [-0.4, -0.2) is 8.42 Å². The molecule has 0 spiro atoms. The lowest BCUT2D eigenvalue weighted by atomic mass is 10.0. The zero-order valence-electron chi connectivity index (χ0n) is 12.3. The Morgan fingerprint density at radius 3 is 2.19 bits per heavy atom. The number of anilines is 1. The van der Waals surface area contributed by atoms with Gasteiger partial charge >= 0.3 is 0 Å². The Balaban J connectivity index is 2.50. The van der Waals surface area contributed by atoms with Crippen LogP contribution >= 0.6 is 0 Å². The molecule has 2 N–H and O–H groups in total. The summed E-state index contributed by atoms with van der Waals surface area (Å²) in [5.74, 6) is -0.793. The SMILES string of the molecule is Cc1cc(C)c(CS(=O)(=O)c2cc(F)ccc2N)c(C)c1. The zero-order chi connectivity index (χ0) is 15.8. The van der Waals surface area contributed by atoms with Crippen molar-refractivity contribution in [3.8, 4) is 0 Å². The third-order valence-corrected chi connectivity index (χ3v) is 5.18. The van der Waals surface area contributed by atoms with Crippen LogP contribution in [0.2, 0.25) is 0 Å². The van der Waals surface area contributed by atoms with Crippen LogP contribution < -0.4 is 5.73 Å². The molecule has 0 bridgehead atoms. The molecule has 0 aliphatic rings. The van der Waals surface area contributed by atoms with Crippen LogP contribution in [-0.2, 0) is 15.6 Å². The van der Waals surface area contributed by atoms with Gasteiger partial charge in [-0.2, -0.15) is 0 Å². The van der Waals surface area contributed by atoms with E-state index in [4.69, 9.17) is 5.73 Å². The second-order valence-electron chi connectivity index (χ2n) is 5.32. The minimum absolute atomic E-state index is 0.0683. The quantitative estimate of drug-likeness (QED) is 0.885. The summed E-state index contributed by atoms with van der Waals surface area (Å²) in [6.07, 6.45) is 0. The molecule has 21 heavy (non-hydrogen) atoms.